The van der Waals surface area contributed by atoms with Crippen molar-refractivity contribution in [3.05, 3.63) is 58.6 Å². The topological polar surface area (TPSA) is 66.9 Å². The molecule has 1 saturated heterocycles. The number of hydrogen-bond acceptors (Lipinski definition) is 4. The van der Waals surface area contributed by atoms with E-state index in [0.717, 1.165) is 17.7 Å². The fourth-order valence-electron chi connectivity index (χ4n) is 4.31. The third-order valence-electron chi connectivity index (χ3n) is 5.61. The number of halogens is 1. The second-order valence-electron chi connectivity index (χ2n) is 8.08. The molecule has 0 aliphatic carbocycles. The molecule has 0 bridgehead atoms. The first kappa shape index (κ1) is 21.3. The van der Waals surface area contributed by atoms with Crippen molar-refractivity contribution in [2.75, 3.05) is 18.0 Å². The van der Waals surface area contributed by atoms with Gasteiger partial charge in [0.15, 0.2) is 0 Å². The zero-order valence-electron chi connectivity index (χ0n) is 17.2. The Morgan fingerprint density at radius 1 is 1.07 bits per heavy atom. The Morgan fingerprint density at radius 2 is 1.73 bits per heavy atom. The van der Waals surface area contributed by atoms with Crippen LogP contribution in [0.4, 0.5) is 5.69 Å². The number of carbonyl (C=O) groups excluding carboxylic acids is 1. The van der Waals surface area contributed by atoms with Crippen molar-refractivity contribution in [3.8, 4) is 0 Å². The summed E-state index contributed by atoms with van der Waals surface area (Å²) in [5, 5.41) is 0.105. The minimum atomic E-state index is -3.86. The van der Waals surface area contributed by atoms with E-state index in [1.165, 1.54) is 16.4 Å². The van der Waals surface area contributed by atoms with Gasteiger partial charge >= 0.3 is 0 Å². The maximum atomic E-state index is 13.3. The average Bonchev–Trinajstić information content (AvgIpc) is 3.02. The van der Waals surface area contributed by atoms with Crippen LogP contribution in [0.15, 0.2) is 47.4 Å². The molecule has 2 aliphatic rings. The number of nitrogens with zero attached hydrogens (tertiary/aromatic N) is 2. The fourth-order valence-corrected chi connectivity index (χ4v) is 6.41. The van der Waals surface area contributed by atoms with Crippen LogP contribution in [0.1, 0.15) is 36.7 Å². The number of anilines is 1. The summed E-state index contributed by atoms with van der Waals surface area (Å²) in [6, 6.07) is 12.2. The first-order valence-electron chi connectivity index (χ1n) is 10.0. The van der Waals surface area contributed by atoms with Gasteiger partial charge in [0.2, 0.25) is 10.0 Å². The lowest BCUT2D eigenvalue weighted by atomic mass is 10.1. The first-order valence-corrected chi connectivity index (χ1v) is 11.9. The summed E-state index contributed by atoms with van der Waals surface area (Å²) in [7, 11) is -3.86. The molecule has 0 N–H and O–H groups in total. The molecule has 1 amide bonds. The van der Waals surface area contributed by atoms with Gasteiger partial charge in [-0.15, -0.1) is 0 Å². The van der Waals surface area contributed by atoms with Crippen molar-refractivity contribution in [3.63, 3.8) is 0 Å². The maximum Gasteiger partial charge on any atom is 0.258 e. The number of benzene rings is 2. The summed E-state index contributed by atoms with van der Waals surface area (Å²) in [5.41, 5.74) is 2.28. The van der Waals surface area contributed by atoms with Crippen LogP contribution in [0.25, 0.3) is 0 Å². The SMILES string of the molecule is C[C@@H]1CN(S(=O)(=O)c2cc(C(=O)N3c4ccccc4C[C@H]3C)ccc2Cl)C[C@H](C)O1. The Morgan fingerprint density at radius 3 is 2.43 bits per heavy atom. The van der Waals surface area contributed by atoms with E-state index < -0.39 is 10.0 Å². The summed E-state index contributed by atoms with van der Waals surface area (Å²) in [6.45, 7) is 6.16. The summed E-state index contributed by atoms with van der Waals surface area (Å²) in [5.74, 6) is -0.232. The maximum absolute atomic E-state index is 13.3. The molecule has 0 radical (unpaired) electrons. The second kappa shape index (κ2) is 7.96. The third kappa shape index (κ3) is 3.75. The quantitative estimate of drug-likeness (QED) is 0.717. The molecular formula is C22H25ClN2O4S. The molecule has 0 saturated carbocycles. The number of rotatable bonds is 3. The van der Waals surface area contributed by atoms with Gasteiger partial charge in [-0.25, -0.2) is 8.42 Å². The Balaban J connectivity index is 1.69. The molecule has 0 aromatic heterocycles. The second-order valence-corrected chi connectivity index (χ2v) is 10.4. The number of para-hydroxylation sites is 1. The molecule has 2 heterocycles. The molecule has 160 valence electrons. The summed E-state index contributed by atoms with van der Waals surface area (Å²) >= 11 is 6.28. The van der Waals surface area contributed by atoms with E-state index >= 15 is 0 Å². The number of fused-ring (bicyclic) bond motifs is 1. The molecular weight excluding hydrogens is 424 g/mol. The molecule has 6 nitrogen and oxygen atoms in total. The van der Waals surface area contributed by atoms with Crippen LogP contribution in [0.5, 0.6) is 0 Å². The zero-order valence-corrected chi connectivity index (χ0v) is 18.8. The predicted octanol–water partition coefficient (Wildman–Crippen LogP) is 3.73. The molecule has 1 fully saturated rings. The Labute approximate surface area is 182 Å². The van der Waals surface area contributed by atoms with Gasteiger partial charge in [0.05, 0.1) is 17.2 Å². The smallest absolute Gasteiger partial charge is 0.258 e. The van der Waals surface area contributed by atoms with Crippen molar-refractivity contribution in [1.29, 1.82) is 0 Å². The highest BCUT2D eigenvalue weighted by Gasteiger charge is 2.35. The number of hydrogen-bond donors (Lipinski definition) is 0. The largest absolute Gasteiger partial charge is 0.373 e. The standard InChI is InChI=1S/C22H25ClN2O4S/c1-14-10-17-6-4-5-7-20(17)25(14)22(26)18-8-9-19(23)21(11-18)30(27,28)24-12-15(2)29-16(3)13-24/h4-9,11,14-16H,10,12-13H2,1-3H3/t14-,15-,16+/m1/s1. The Hall–Kier alpha value is -1.93. The van der Waals surface area contributed by atoms with E-state index in [1.54, 1.807) is 11.0 Å². The summed E-state index contributed by atoms with van der Waals surface area (Å²) < 4.78 is 33.7. The molecule has 2 aliphatic heterocycles. The normalized spacial score (nSPS) is 24.7. The van der Waals surface area contributed by atoms with Crippen LogP contribution >= 0.6 is 11.6 Å². The van der Waals surface area contributed by atoms with Crippen LogP contribution < -0.4 is 4.90 Å². The highest BCUT2D eigenvalue weighted by molar-refractivity contribution is 7.89. The van der Waals surface area contributed by atoms with Gasteiger partial charge < -0.3 is 9.64 Å². The highest BCUT2D eigenvalue weighted by Crippen LogP contribution is 2.34. The average molecular weight is 449 g/mol. The van der Waals surface area contributed by atoms with E-state index in [2.05, 4.69) is 0 Å². The van der Waals surface area contributed by atoms with Gasteiger partial charge in [-0.1, -0.05) is 29.8 Å². The van der Waals surface area contributed by atoms with Crippen molar-refractivity contribution >= 4 is 33.2 Å². The minimum Gasteiger partial charge on any atom is -0.373 e. The number of sulfonamides is 1. The molecule has 2 aromatic carbocycles. The highest BCUT2D eigenvalue weighted by atomic mass is 35.5. The van der Waals surface area contributed by atoms with E-state index in [0.29, 0.717) is 5.56 Å². The van der Waals surface area contributed by atoms with Crippen molar-refractivity contribution < 1.29 is 17.9 Å². The lowest BCUT2D eigenvalue weighted by Gasteiger charge is -2.34. The zero-order chi connectivity index (χ0) is 21.6. The lowest BCUT2D eigenvalue weighted by molar-refractivity contribution is -0.0440. The molecule has 8 heteroatoms. The monoisotopic (exact) mass is 448 g/mol. The van der Waals surface area contributed by atoms with Crippen LogP contribution in [0.3, 0.4) is 0 Å². The van der Waals surface area contributed by atoms with E-state index in [4.69, 9.17) is 16.3 Å². The minimum absolute atomic E-state index is 0.00780. The van der Waals surface area contributed by atoms with E-state index in [1.807, 2.05) is 45.0 Å². The lowest BCUT2D eigenvalue weighted by Crippen LogP contribution is -2.48. The van der Waals surface area contributed by atoms with Crippen molar-refractivity contribution in [2.45, 2.75) is 50.3 Å². The van der Waals surface area contributed by atoms with E-state index in [-0.39, 0.29) is 47.2 Å². The van der Waals surface area contributed by atoms with Crippen LogP contribution in [0.2, 0.25) is 5.02 Å². The molecule has 4 rings (SSSR count). The molecule has 30 heavy (non-hydrogen) atoms. The molecule has 2 aromatic rings. The number of amides is 1. The van der Waals surface area contributed by atoms with Gasteiger partial charge in [-0.05, 0) is 57.0 Å². The van der Waals surface area contributed by atoms with Gasteiger partial charge in [0, 0.05) is 30.4 Å². The number of ether oxygens (including phenoxy) is 1. The van der Waals surface area contributed by atoms with Gasteiger partial charge in [-0.3, -0.25) is 4.79 Å². The predicted molar refractivity (Wildman–Crippen MR) is 117 cm³/mol. The van der Waals surface area contributed by atoms with Gasteiger partial charge in [-0.2, -0.15) is 4.31 Å². The summed E-state index contributed by atoms with van der Waals surface area (Å²) in [6.07, 6.45) is 0.340. The molecule has 0 unspecified atom stereocenters. The number of carbonyl (C=O) groups is 1. The van der Waals surface area contributed by atoms with Crippen molar-refractivity contribution in [1.82, 2.24) is 4.31 Å². The Bertz CT molecular complexity index is 1080. The first-order chi connectivity index (χ1) is 14.2. The Kier molecular flexibility index (Phi) is 5.66. The molecule has 0 spiro atoms. The summed E-state index contributed by atoms with van der Waals surface area (Å²) in [4.78, 5) is 15.0. The third-order valence-corrected chi connectivity index (χ3v) is 7.92. The number of morpholine rings is 1. The van der Waals surface area contributed by atoms with Crippen LogP contribution in [-0.2, 0) is 21.2 Å². The van der Waals surface area contributed by atoms with Crippen LogP contribution in [0, 0.1) is 0 Å². The van der Waals surface area contributed by atoms with Crippen LogP contribution in [-0.4, -0.2) is 50.0 Å². The molecule has 3 atom stereocenters. The van der Waals surface area contributed by atoms with Crippen molar-refractivity contribution in [2.24, 2.45) is 0 Å². The van der Waals surface area contributed by atoms with E-state index in [9.17, 15) is 13.2 Å². The van der Waals surface area contributed by atoms with Gasteiger partial charge in [0.1, 0.15) is 4.90 Å². The fraction of sp³-hybridized carbons (Fsp3) is 0.409. The van der Waals surface area contributed by atoms with Gasteiger partial charge in [0.25, 0.3) is 5.91 Å².